The van der Waals surface area contributed by atoms with E-state index in [1.54, 1.807) is 0 Å². The molecule has 0 radical (unpaired) electrons. The predicted molar refractivity (Wildman–Crippen MR) is 51.4 cm³/mol. The molecule has 0 spiro atoms. The Hall–Kier alpha value is -0.0800. The van der Waals surface area contributed by atoms with E-state index in [-0.39, 0.29) is 6.10 Å². The minimum absolute atomic E-state index is 0.00178. The highest BCUT2D eigenvalue weighted by Crippen LogP contribution is 2.46. The molecular weight excluding hydrogens is 162 g/mol. The zero-order valence-electron chi connectivity index (χ0n) is 8.15. The lowest BCUT2D eigenvalue weighted by molar-refractivity contribution is 0.132. The van der Waals surface area contributed by atoms with Crippen LogP contribution in [0.1, 0.15) is 32.1 Å². The molecule has 1 N–H and O–H groups in total. The van der Waals surface area contributed by atoms with Gasteiger partial charge in [0, 0.05) is 12.6 Å². The molecule has 13 heavy (non-hydrogen) atoms. The highest BCUT2D eigenvalue weighted by molar-refractivity contribution is 4.96. The van der Waals surface area contributed by atoms with Gasteiger partial charge in [-0.2, -0.15) is 0 Å². The SMILES string of the molecule is OC1CCC(N2CCC3CC3C2)C1. The van der Waals surface area contributed by atoms with E-state index < -0.39 is 0 Å². The second-order valence-electron chi connectivity index (χ2n) is 5.16. The predicted octanol–water partition coefficient (Wildman–Crippen LogP) is 1.24. The molecule has 2 heteroatoms. The highest BCUT2D eigenvalue weighted by Gasteiger charge is 2.43. The number of hydrogen-bond donors (Lipinski definition) is 1. The average Bonchev–Trinajstić information content (AvgIpc) is 2.79. The number of rotatable bonds is 1. The molecule has 3 fully saturated rings. The van der Waals surface area contributed by atoms with Crippen LogP contribution in [-0.4, -0.2) is 35.2 Å². The Kier molecular flexibility index (Phi) is 1.88. The van der Waals surface area contributed by atoms with Crippen LogP contribution in [0.5, 0.6) is 0 Å². The van der Waals surface area contributed by atoms with Crippen LogP contribution in [0, 0.1) is 11.8 Å². The van der Waals surface area contributed by atoms with E-state index in [4.69, 9.17) is 0 Å². The van der Waals surface area contributed by atoms with Gasteiger partial charge in [0.05, 0.1) is 6.10 Å². The van der Waals surface area contributed by atoms with Crippen LogP contribution in [0.15, 0.2) is 0 Å². The fourth-order valence-corrected chi connectivity index (χ4v) is 3.21. The third-order valence-electron chi connectivity index (χ3n) is 4.22. The molecule has 4 unspecified atom stereocenters. The first-order chi connectivity index (χ1) is 6.33. The van der Waals surface area contributed by atoms with Crippen molar-refractivity contribution < 1.29 is 5.11 Å². The van der Waals surface area contributed by atoms with E-state index in [0.29, 0.717) is 0 Å². The zero-order valence-corrected chi connectivity index (χ0v) is 8.15. The van der Waals surface area contributed by atoms with Gasteiger partial charge in [-0.3, -0.25) is 4.90 Å². The summed E-state index contributed by atoms with van der Waals surface area (Å²) in [6, 6.07) is 0.719. The maximum Gasteiger partial charge on any atom is 0.0555 e. The second-order valence-corrected chi connectivity index (χ2v) is 5.16. The Labute approximate surface area is 79.9 Å². The summed E-state index contributed by atoms with van der Waals surface area (Å²) < 4.78 is 0. The Bertz CT molecular complexity index is 206. The molecule has 1 heterocycles. The van der Waals surface area contributed by atoms with Crippen molar-refractivity contribution in [3.8, 4) is 0 Å². The first-order valence-corrected chi connectivity index (χ1v) is 5.75. The van der Waals surface area contributed by atoms with Crippen molar-refractivity contribution >= 4 is 0 Å². The van der Waals surface area contributed by atoms with Gasteiger partial charge in [0.2, 0.25) is 0 Å². The molecular formula is C11H19NO. The first-order valence-electron chi connectivity index (χ1n) is 5.75. The lowest BCUT2D eigenvalue weighted by Crippen LogP contribution is -2.39. The summed E-state index contributed by atoms with van der Waals surface area (Å²) in [7, 11) is 0. The third kappa shape index (κ3) is 1.50. The molecule has 3 rings (SSSR count). The fourth-order valence-electron chi connectivity index (χ4n) is 3.21. The summed E-state index contributed by atoms with van der Waals surface area (Å²) in [4.78, 5) is 2.64. The van der Waals surface area contributed by atoms with Gasteiger partial charge < -0.3 is 5.11 Å². The van der Waals surface area contributed by atoms with Crippen molar-refractivity contribution in [2.75, 3.05) is 13.1 Å². The molecule has 74 valence electrons. The van der Waals surface area contributed by atoms with Gasteiger partial charge in [0.25, 0.3) is 0 Å². The zero-order chi connectivity index (χ0) is 8.84. The van der Waals surface area contributed by atoms with Gasteiger partial charge in [-0.25, -0.2) is 0 Å². The number of piperidine rings is 1. The van der Waals surface area contributed by atoms with Gasteiger partial charge in [0.15, 0.2) is 0 Å². The van der Waals surface area contributed by atoms with Crippen LogP contribution in [-0.2, 0) is 0 Å². The molecule has 1 aliphatic heterocycles. The van der Waals surface area contributed by atoms with Crippen molar-refractivity contribution in [1.29, 1.82) is 0 Å². The minimum atomic E-state index is 0.00178. The maximum atomic E-state index is 9.48. The number of likely N-dealkylation sites (tertiary alicyclic amines) is 1. The Morgan fingerprint density at radius 3 is 2.62 bits per heavy atom. The third-order valence-corrected chi connectivity index (χ3v) is 4.22. The molecule has 0 aromatic carbocycles. The van der Waals surface area contributed by atoms with Gasteiger partial charge in [0.1, 0.15) is 0 Å². The molecule has 0 amide bonds. The standard InChI is InChI=1S/C11H19NO/c13-11-2-1-10(6-11)12-4-3-8-5-9(8)7-12/h8-11,13H,1-7H2. The van der Waals surface area contributed by atoms with Gasteiger partial charge >= 0.3 is 0 Å². The van der Waals surface area contributed by atoms with Gasteiger partial charge in [-0.05, 0) is 50.5 Å². The molecule has 4 atom stereocenters. The van der Waals surface area contributed by atoms with Crippen molar-refractivity contribution in [3.63, 3.8) is 0 Å². The van der Waals surface area contributed by atoms with E-state index in [0.717, 1.165) is 30.7 Å². The van der Waals surface area contributed by atoms with Crippen molar-refractivity contribution in [2.24, 2.45) is 11.8 Å². The summed E-state index contributed by atoms with van der Waals surface area (Å²) in [5.41, 5.74) is 0. The summed E-state index contributed by atoms with van der Waals surface area (Å²) >= 11 is 0. The Balaban J connectivity index is 1.59. The maximum absolute atomic E-state index is 9.48. The highest BCUT2D eigenvalue weighted by atomic mass is 16.3. The molecule has 2 aliphatic carbocycles. The number of aliphatic hydroxyl groups excluding tert-OH is 1. The number of aliphatic hydroxyl groups is 1. The van der Waals surface area contributed by atoms with Gasteiger partial charge in [-0.1, -0.05) is 0 Å². The van der Waals surface area contributed by atoms with E-state index in [2.05, 4.69) is 4.90 Å². The largest absolute Gasteiger partial charge is 0.393 e. The second kappa shape index (κ2) is 2.96. The summed E-state index contributed by atoms with van der Waals surface area (Å²) in [5, 5.41) is 9.48. The van der Waals surface area contributed by atoms with Gasteiger partial charge in [-0.15, -0.1) is 0 Å². The molecule has 2 nitrogen and oxygen atoms in total. The van der Waals surface area contributed by atoms with Crippen LogP contribution in [0.2, 0.25) is 0 Å². The molecule has 1 saturated heterocycles. The molecule has 3 aliphatic rings. The quantitative estimate of drug-likeness (QED) is 0.658. The lowest BCUT2D eigenvalue weighted by Gasteiger charge is -2.31. The monoisotopic (exact) mass is 181 g/mol. The Morgan fingerprint density at radius 1 is 1.00 bits per heavy atom. The molecule has 0 aromatic rings. The Morgan fingerprint density at radius 2 is 1.92 bits per heavy atom. The fraction of sp³-hybridized carbons (Fsp3) is 1.00. The van der Waals surface area contributed by atoms with E-state index >= 15 is 0 Å². The van der Waals surface area contributed by atoms with Crippen LogP contribution in [0.25, 0.3) is 0 Å². The minimum Gasteiger partial charge on any atom is -0.393 e. The van der Waals surface area contributed by atoms with Crippen LogP contribution < -0.4 is 0 Å². The molecule has 0 aromatic heterocycles. The van der Waals surface area contributed by atoms with E-state index in [1.807, 2.05) is 0 Å². The summed E-state index contributed by atoms with van der Waals surface area (Å²) in [6.45, 7) is 2.64. The van der Waals surface area contributed by atoms with E-state index in [1.165, 1.54) is 32.4 Å². The number of hydrogen-bond acceptors (Lipinski definition) is 2. The molecule has 2 saturated carbocycles. The first kappa shape index (κ1) is 8.25. The molecule has 0 bridgehead atoms. The average molecular weight is 181 g/mol. The summed E-state index contributed by atoms with van der Waals surface area (Å²) in [5.74, 6) is 2.12. The topological polar surface area (TPSA) is 23.5 Å². The van der Waals surface area contributed by atoms with Crippen molar-refractivity contribution in [2.45, 2.75) is 44.2 Å². The van der Waals surface area contributed by atoms with Crippen molar-refractivity contribution in [1.82, 2.24) is 4.90 Å². The number of fused-ring (bicyclic) bond motifs is 1. The van der Waals surface area contributed by atoms with Crippen molar-refractivity contribution in [3.05, 3.63) is 0 Å². The number of nitrogens with zero attached hydrogens (tertiary/aromatic N) is 1. The van der Waals surface area contributed by atoms with Crippen LogP contribution in [0.3, 0.4) is 0 Å². The summed E-state index contributed by atoms with van der Waals surface area (Å²) in [6.07, 6.45) is 6.23. The van der Waals surface area contributed by atoms with Crippen LogP contribution in [0.4, 0.5) is 0 Å². The van der Waals surface area contributed by atoms with E-state index in [9.17, 15) is 5.11 Å². The smallest absolute Gasteiger partial charge is 0.0555 e. The lowest BCUT2D eigenvalue weighted by atomic mass is 10.1. The van der Waals surface area contributed by atoms with Crippen LogP contribution >= 0.6 is 0 Å². The normalized spacial score (nSPS) is 50.5.